The lowest BCUT2D eigenvalue weighted by molar-refractivity contribution is -0.115. The summed E-state index contributed by atoms with van der Waals surface area (Å²) in [6, 6.07) is 9.55. The zero-order valence-corrected chi connectivity index (χ0v) is 17.4. The monoisotopic (exact) mass is 483 g/mol. The van der Waals surface area contributed by atoms with Gasteiger partial charge < -0.3 is 5.32 Å². The minimum atomic E-state index is -4.11. The summed E-state index contributed by atoms with van der Waals surface area (Å²) in [7, 11) is -4.11. The number of carbonyl (C=O) groups is 1. The molecule has 1 spiro atoms. The molecule has 0 aromatic heterocycles. The van der Waals surface area contributed by atoms with Gasteiger partial charge in [0.25, 0.3) is 5.91 Å². The van der Waals surface area contributed by atoms with E-state index in [-0.39, 0.29) is 31.8 Å². The second kappa shape index (κ2) is 7.26. The van der Waals surface area contributed by atoms with Gasteiger partial charge in [0, 0.05) is 42.0 Å². The first-order valence-electron chi connectivity index (χ1n) is 8.84. The van der Waals surface area contributed by atoms with Crippen LogP contribution in [0, 0.1) is 11.6 Å². The van der Waals surface area contributed by atoms with Crippen LogP contribution in [0.3, 0.4) is 0 Å². The lowest BCUT2D eigenvalue weighted by Gasteiger charge is -2.36. The highest BCUT2D eigenvalue weighted by atomic mass is 79.9. The van der Waals surface area contributed by atoms with Crippen LogP contribution >= 0.6 is 15.9 Å². The highest BCUT2D eigenvalue weighted by molar-refractivity contribution is 9.10. The zero-order chi connectivity index (χ0) is 20.8. The SMILES string of the molecule is O=C1NC2(CCN(S(=O)(=O)c3ccc(F)cc3F)CC2)N=C1c1ccc(Br)cc1. The lowest BCUT2D eigenvalue weighted by Crippen LogP contribution is -2.52. The summed E-state index contributed by atoms with van der Waals surface area (Å²) in [5, 5.41) is 2.86. The van der Waals surface area contributed by atoms with E-state index >= 15 is 0 Å². The number of piperidine rings is 1. The molecule has 2 aliphatic heterocycles. The molecule has 0 saturated carbocycles. The van der Waals surface area contributed by atoms with Gasteiger partial charge in [0.2, 0.25) is 10.0 Å². The Morgan fingerprint density at radius 2 is 1.72 bits per heavy atom. The lowest BCUT2D eigenvalue weighted by atomic mass is 10.00. The van der Waals surface area contributed by atoms with E-state index in [4.69, 9.17) is 0 Å². The van der Waals surface area contributed by atoms with Gasteiger partial charge in [0.05, 0.1) is 0 Å². The highest BCUT2D eigenvalue weighted by Crippen LogP contribution is 2.32. The van der Waals surface area contributed by atoms with Crippen molar-refractivity contribution in [1.29, 1.82) is 0 Å². The van der Waals surface area contributed by atoms with Crippen molar-refractivity contribution < 1.29 is 22.0 Å². The second-order valence-electron chi connectivity index (χ2n) is 6.93. The average Bonchev–Trinajstić information content (AvgIpc) is 2.98. The number of nitrogens with zero attached hydrogens (tertiary/aromatic N) is 2. The Bertz CT molecular complexity index is 1110. The summed E-state index contributed by atoms with van der Waals surface area (Å²) in [4.78, 5) is 16.4. The van der Waals surface area contributed by atoms with Gasteiger partial charge in [-0.15, -0.1) is 0 Å². The predicted molar refractivity (Wildman–Crippen MR) is 106 cm³/mol. The Labute approximate surface area is 174 Å². The summed E-state index contributed by atoms with van der Waals surface area (Å²) in [5.41, 5.74) is 0.0942. The van der Waals surface area contributed by atoms with E-state index in [9.17, 15) is 22.0 Å². The molecule has 1 fully saturated rings. The van der Waals surface area contributed by atoms with Crippen LogP contribution in [0.15, 0.2) is 56.8 Å². The molecule has 1 amide bonds. The molecule has 6 nitrogen and oxygen atoms in total. The number of hydrogen-bond acceptors (Lipinski definition) is 4. The normalized spacial score (nSPS) is 19.3. The summed E-state index contributed by atoms with van der Waals surface area (Å²) in [6.07, 6.45) is 0.502. The molecule has 2 aromatic carbocycles. The van der Waals surface area contributed by atoms with E-state index in [1.54, 1.807) is 12.1 Å². The third-order valence-corrected chi connectivity index (χ3v) is 7.53. The summed E-state index contributed by atoms with van der Waals surface area (Å²) < 4.78 is 54.6. The smallest absolute Gasteiger partial charge is 0.272 e. The third-order valence-electron chi connectivity index (χ3n) is 5.07. The van der Waals surface area contributed by atoms with Crippen molar-refractivity contribution in [3.05, 3.63) is 64.1 Å². The molecule has 2 aliphatic rings. The van der Waals surface area contributed by atoms with Gasteiger partial charge >= 0.3 is 0 Å². The van der Waals surface area contributed by atoms with Crippen molar-refractivity contribution in [2.24, 2.45) is 4.99 Å². The molecule has 0 radical (unpaired) electrons. The van der Waals surface area contributed by atoms with E-state index in [0.29, 0.717) is 17.3 Å². The summed E-state index contributed by atoms with van der Waals surface area (Å²) in [5.74, 6) is -2.29. The molecule has 0 aliphatic carbocycles. The van der Waals surface area contributed by atoms with Gasteiger partial charge in [-0.25, -0.2) is 17.2 Å². The van der Waals surface area contributed by atoms with E-state index in [1.807, 2.05) is 12.1 Å². The van der Waals surface area contributed by atoms with E-state index in [1.165, 1.54) is 0 Å². The first-order valence-corrected chi connectivity index (χ1v) is 11.1. The Kier molecular flexibility index (Phi) is 5.04. The quantitative estimate of drug-likeness (QED) is 0.728. The van der Waals surface area contributed by atoms with Crippen molar-refractivity contribution in [3.63, 3.8) is 0 Å². The zero-order valence-electron chi connectivity index (χ0n) is 15.0. The third kappa shape index (κ3) is 3.72. The fourth-order valence-electron chi connectivity index (χ4n) is 3.52. The molecule has 0 unspecified atom stereocenters. The minimum absolute atomic E-state index is 0.0521. The first-order chi connectivity index (χ1) is 13.7. The van der Waals surface area contributed by atoms with Crippen LogP contribution in [-0.4, -0.2) is 43.1 Å². The van der Waals surface area contributed by atoms with Crippen molar-refractivity contribution in [1.82, 2.24) is 9.62 Å². The molecular weight excluding hydrogens is 468 g/mol. The van der Waals surface area contributed by atoms with Gasteiger partial charge in [0.15, 0.2) is 0 Å². The molecule has 4 rings (SSSR count). The van der Waals surface area contributed by atoms with Crippen molar-refractivity contribution in [3.8, 4) is 0 Å². The van der Waals surface area contributed by atoms with Gasteiger partial charge in [-0.3, -0.25) is 9.79 Å². The molecule has 152 valence electrons. The summed E-state index contributed by atoms with van der Waals surface area (Å²) in [6.45, 7) is 0.104. The standard InChI is InChI=1S/C19H16BrF2N3O3S/c20-13-3-1-12(2-4-13)17-18(26)24-19(23-17)7-9-25(10-8-19)29(27,28)16-6-5-14(21)11-15(16)22/h1-6,11H,7-10H2,(H,24,26). The van der Waals surface area contributed by atoms with Crippen LogP contribution in [0.5, 0.6) is 0 Å². The number of nitrogens with one attached hydrogen (secondary N) is 1. The topological polar surface area (TPSA) is 78.8 Å². The fourth-order valence-corrected chi connectivity index (χ4v) is 5.27. The van der Waals surface area contributed by atoms with Gasteiger partial charge in [-0.05, 0) is 24.3 Å². The Morgan fingerprint density at radius 3 is 2.34 bits per heavy atom. The maximum absolute atomic E-state index is 14.0. The molecule has 2 heterocycles. The fraction of sp³-hybridized carbons (Fsp3) is 0.263. The Morgan fingerprint density at radius 1 is 1.07 bits per heavy atom. The van der Waals surface area contributed by atoms with Gasteiger partial charge in [-0.2, -0.15) is 4.31 Å². The van der Waals surface area contributed by atoms with Crippen LogP contribution in [0.25, 0.3) is 0 Å². The molecule has 0 atom stereocenters. The average molecular weight is 484 g/mol. The predicted octanol–water partition coefficient (Wildman–Crippen LogP) is 2.83. The molecule has 29 heavy (non-hydrogen) atoms. The number of halogens is 3. The molecule has 2 aromatic rings. The number of rotatable bonds is 3. The van der Waals surface area contributed by atoms with Gasteiger partial charge in [0.1, 0.15) is 27.9 Å². The van der Waals surface area contributed by atoms with E-state index in [0.717, 1.165) is 20.9 Å². The maximum Gasteiger partial charge on any atom is 0.272 e. The maximum atomic E-state index is 14.0. The van der Waals surface area contributed by atoms with Crippen molar-refractivity contribution in [2.75, 3.05) is 13.1 Å². The second-order valence-corrected chi connectivity index (χ2v) is 9.75. The van der Waals surface area contributed by atoms with Crippen molar-refractivity contribution in [2.45, 2.75) is 23.4 Å². The molecule has 0 bridgehead atoms. The Balaban J connectivity index is 1.54. The van der Waals surface area contributed by atoms with E-state index in [2.05, 4.69) is 26.2 Å². The number of aliphatic imine (C=N–C) groups is 1. The van der Waals surface area contributed by atoms with Crippen LogP contribution in [0.1, 0.15) is 18.4 Å². The van der Waals surface area contributed by atoms with Crippen LogP contribution in [-0.2, 0) is 14.8 Å². The van der Waals surface area contributed by atoms with Crippen LogP contribution in [0.2, 0.25) is 0 Å². The van der Waals surface area contributed by atoms with Crippen LogP contribution < -0.4 is 5.32 Å². The summed E-state index contributed by atoms with van der Waals surface area (Å²) >= 11 is 3.34. The number of sulfonamides is 1. The van der Waals surface area contributed by atoms with E-state index < -0.39 is 32.2 Å². The minimum Gasteiger partial charge on any atom is -0.326 e. The van der Waals surface area contributed by atoms with Crippen molar-refractivity contribution >= 4 is 37.6 Å². The van der Waals surface area contributed by atoms with Crippen LogP contribution in [0.4, 0.5) is 8.78 Å². The number of carbonyl (C=O) groups excluding carboxylic acids is 1. The molecule has 1 saturated heterocycles. The first kappa shape index (κ1) is 20.1. The number of amides is 1. The number of benzene rings is 2. The Hall–Kier alpha value is -2.17. The highest BCUT2D eigenvalue weighted by Gasteiger charge is 2.44. The molecular formula is C19H16BrF2N3O3S. The molecule has 10 heteroatoms. The number of hydrogen-bond donors (Lipinski definition) is 1. The van der Waals surface area contributed by atoms with Gasteiger partial charge in [-0.1, -0.05) is 28.1 Å². The molecule has 1 N–H and O–H groups in total. The largest absolute Gasteiger partial charge is 0.326 e.